The highest BCUT2D eigenvalue weighted by molar-refractivity contribution is 5.77. The number of nitrogens with zero attached hydrogens (tertiary/aromatic N) is 1. The topological polar surface area (TPSA) is 58.4 Å². The summed E-state index contributed by atoms with van der Waals surface area (Å²) in [6.45, 7) is 7.46. The zero-order valence-corrected chi connectivity index (χ0v) is 10.5. The number of nitrogens with one attached hydrogen (secondary N) is 1. The Bertz CT molecular complexity index is 210. The number of amides is 1. The first-order valence-electron chi connectivity index (χ1n) is 6.36. The molecule has 4 heteroatoms. The van der Waals surface area contributed by atoms with Gasteiger partial charge >= 0.3 is 0 Å². The number of carbonyl (C=O) groups excluding carboxylic acids is 1. The number of piperidine rings is 1. The highest BCUT2D eigenvalue weighted by Gasteiger charge is 2.23. The SMILES string of the molecule is CCCCNC(=O)CN1CC(C)CC(N)C1. The quantitative estimate of drug-likeness (QED) is 0.675. The van der Waals surface area contributed by atoms with Crippen LogP contribution in [0.15, 0.2) is 0 Å². The van der Waals surface area contributed by atoms with E-state index in [1.165, 1.54) is 0 Å². The molecule has 2 atom stereocenters. The van der Waals surface area contributed by atoms with Crippen LogP contribution in [0.2, 0.25) is 0 Å². The highest BCUT2D eigenvalue weighted by atomic mass is 16.2. The van der Waals surface area contributed by atoms with Crippen LogP contribution in [-0.4, -0.2) is 43.0 Å². The van der Waals surface area contributed by atoms with Gasteiger partial charge in [0.15, 0.2) is 0 Å². The van der Waals surface area contributed by atoms with E-state index in [9.17, 15) is 4.79 Å². The lowest BCUT2D eigenvalue weighted by atomic mass is 9.97. The van der Waals surface area contributed by atoms with Crippen molar-refractivity contribution >= 4 is 5.91 Å². The van der Waals surface area contributed by atoms with Crippen LogP contribution in [0.4, 0.5) is 0 Å². The van der Waals surface area contributed by atoms with E-state index in [0.717, 1.165) is 38.9 Å². The van der Waals surface area contributed by atoms with Crippen LogP contribution in [0.5, 0.6) is 0 Å². The van der Waals surface area contributed by atoms with Crippen molar-refractivity contribution in [2.24, 2.45) is 11.7 Å². The predicted octanol–water partition coefficient (Wildman–Crippen LogP) is 0.572. The van der Waals surface area contributed by atoms with Gasteiger partial charge in [0, 0.05) is 25.7 Å². The van der Waals surface area contributed by atoms with Gasteiger partial charge in [-0.2, -0.15) is 0 Å². The molecule has 1 heterocycles. The lowest BCUT2D eigenvalue weighted by molar-refractivity contribution is -0.122. The first kappa shape index (κ1) is 13.5. The van der Waals surface area contributed by atoms with Crippen LogP contribution in [0, 0.1) is 5.92 Å². The van der Waals surface area contributed by atoms with Crippen molar-refractivity contribution in [1.82, 2.24) is 10.2 Å². The molecule has 1 aliphatic heterocycles. The summed E-state index contributed by atoms with van der Waals surface area (Å²) in [5.74, 6) is 0.738. The van der Waals surface area contributed by atoms with Gasteiger partial charge < -0.3 is 11.1 Å². The summed E-state index contributed by atoms with van der Waals surface area (Å²) in [4.78, 5) is 13.8. The van der Waals surface area contributed by atoms with Gasteiger partial charge in [-0.05, 0) is 18.8 Å². The van der Waals surface area contributed by atoms with Gasteiger partial charge in [0.25, 0.3) is 0 Å². The zero-order valence-electron chi connectivity index (χ0n) is 10.5. The first-order chi connectivity index (χ1) is 7.61. The van der Waals surface area contributed by atoms with Crippen molar-refractivity contribution < 1.29 is 4.79 Å². The maximum Gasteiger partial charge on any atom is 0.234 e. The smallest absolute Gasteiger partial charge is 0.234 e. The molecule has 4 nitrogen and oxygen atoms in total. The largest absolute Gasteiger partial charge is 0.355 e. The van der Waals surface area contributed by atoms with Crippen LogP contribution in [0.25, 0.3) is 0 Å². The second kappa shape index (κ2) is 6.86. The van der Waals surface area contributed by atoms with Crippen LogP contribution >= 0.6 is 0 Å². The lowest BCUT2D eigenvalue weighted by Crippen LogP contribution is -2.49. The summed E-state index contributed by atoms with van der Waals surface area (Å²) in [7, 11) is 0. The minimum Gasteiger partial charge on any atom is -0.355 e. The number of nitrogens with two attached hydrogens (primary N) is 1. The fourth-order valence-electron chi connectivity index (χ4n) is 2.31. The van der Waals surface area contributed by atoms with Crippen LogP contribution in [0.1, 0.15) is 33.1 Å². The molecule has 1 rings (SSSR count). The molecule has 0 aromatic carbocycles. The molecule has 0 saturated carbocycles. The molecule has 94 valence electrons. The van der Waals surface area contributed by atoms with E-state index in [1.54, 1.807) is 0 Å². The maximum atomic E-state index is 11.6. The van der Waals surface area contributed by atoms with E-state index in [4.69, 9.17) is 5.73 Å². The van der Waals surface area contributed by atoms with Crippen molar-refractivity contribution in [3.05, 3.63) is 0 Å². The van der Waals surface area contributed by atoms with Gasteiger partial charge in [0.05, 0.1) is 6.54 Å². The van der Waals surface area contributed by atoms with Gasteiger partial charge in [-0.15, -0.1) is 0 Å². The molecular weight excluding hydrogens is 202 g/mol. The average Bonchev–Trinajstić information content (AvgIpc) is 2.16. The van der Waals surface area contributed by atoms with Gasteiger partial charge in [-0.25, -0.2) is 0 Å². The Balaban J connectivity index is 2.22. The molecule has 0 radical (unpaired) electrons. The molecule has 3 N–H and O–H groups in total. The van der Waals surface area contributed by atoms with E-state index in [1.807, 2.05) is 0 Å². The van der Waals surface area contributed by atoms with Crippen molar-refractivity contribution in [3.8, 4) is 0 Å². The molecular formula is C12H25N3O. The summed E-state index contributed by atoms with van der Waals surface area (Å²) in [6.07, 6.45) is 3.25. The van der Waals surface area contributed by atoms with E-state index in [2.05, 4.69) is 24.1 Å². The predicted molar refractivity (Wildman–Crippen MR) is 66.1 cm³/mol. The third-order valence-electron chi connectivity index (χ3n) is 2.99. The van der Waals surface area contributed by atoms with E-state index < -0.39 is 0 Å². The molecule has 1 aliphatic rings. The number of hydrogen-bond acceptors (Lipinski definition) is 3. The third-order valence-corrected chi connectivity index (χ3v) is 2.99. The summed E-state index contributed by atoms with van der Waals surface area (Å²) in [5, 5.41) is 2.94. The fourth-order valence-corrected chi connectivity index (χ4v) is 2.31. The molecule has 1 saturated heterocycles. The summed E-state index contributed by atoms with van der Waals surface area (Å²) >= 11 is 0. The molecule has 0 aromatic rings. The monoisotopic (exact) mass is 227 g/mol. The summed E-state index contributed by atoms with van der Waals surface area (Å²) < 4.78 is 0. The van der Waals surface area contributed by atoms with Gasteiger partial charge in [0.1, 0.15) is 0 Å². The minimum atomic E-state index is 0.134. The van der Waals surface area contributed by atoms with Gasteiger partial charge in [0.2, 0.25) is 5.91 Å². The average molecular weight is 227 g/mol. The number of carbonyl (C=O) groups is 1. The number of likely N-dealkylation sites (tertiary alicyclic amines) is 1. The summed E-state index contributed by atoms with van der Waals surface area (Å²) in [5.41, 5.74) is 5.94. The first-order valence-corrected chi connectivity index (χ1v) is 6.36. The lowest BCUT2D eigenvalue weighted by Gasteiger charge is -2.34. The van der Waals surface area contributed by atoms with E-state index in [0.29, 0.717) is 12.5 Å². The second-order valence-corrected chi connectivity index (χ2v) is 5.00. The maximum absolute atomic E-state index is 11.6. The summed E-state index contributed by atoms with van der Waals surface area (Å²) in [6, 6.07) is 0.229. The zero-order chi connectivity index (χ0) is 12.0. The Hall–Kier alpha value is -0.610. The normalized spacial score (nSPS) is 26.7. The second-order valence-electron chi connectivity index (χ2n) is 5.00. The van der Waals surface area contributed by atoms with E-state index in [-0.39, 0.29) is 11.9 Å². The molecule has 2 unspecified atom stereocenters. The minimum absolute atomic E-state index is 0.134. The number of unbranched alkanes of at least 4 members (excludes halogenated alkanes) is 1. The van der Waals surface area contributed by atoms with Crippen LogP contribution in [-0.2, 0) is 4.79 Å². The molecule has 16 heavy (non-hydrogen) atoms. The van der Waals surface area contributed by atoms with Gasteiger partial charge in [-0.3, -0.25) is 9.69 Å². The standard InChI is InChI=1S/C12H25N3O/c1-3-4-5-14-12(16)9-15-7-10(2)6-11(13)8-15/h10-11H,3-9,13H2,1-2H3,(H,14,16). The Morgan fingerprint density at radius 2 is 2.25 bits per heavy atom. The molecule has 1 fully saturated rings. The molecule has 0 bridgehead atoms. The Labute approximate surface area is 98.6 Å². The van der Waals surface area contributed by atoms with Crippen molar-refractivity contribution in [1.29, 1.82) is 0 Å². The number of rotatable bonds is 5. The highest BCUT2D eigenvalue weighted by Crippen LogP contribution is 2.14. The molecule has 0 aromatic heterocycles. The molecule has 0 aliphatic carbocycles. The van der Waals surface area contributed by atoms with Crippen LogP contribution in [0.3, 0.4) is 0 Å². The van der Waals surface area contributed by atoms with Crippen molar-refractivity contribution in [2.45, 2.75) is 39.2 Å². The van der Waals surface area contributed by atoms with Crippen LogP contribution < -0.4 is 11.1 Å². The Kier molecular flexibility index (Phi) is 5.77. The van der Waals surface area contributed by atoms with E-state index >= 15 is 0 Å². The van der Waals surface area contributed by atoms with Crippen molar-refractivity contribution in [3.63, 3.8) is 0 Å². The molecule has 0 spiro atoms. The molecule has 1 amide bonds. The third kappa shape index (κ3) is 4.94. The fraction of sp³-hybridized carbons (Fsp3) is 0.917. The Morgan fingerprint density at radius 3 is 2.88 bits per heavy atom. The number of hydrogen-bond donors (Lipinski definition) is 2. The van der Waals surface area contributed by atoms with Gasteiger partial charge in [-0.1, -0.05) is 20.3 Å². The Morgan fingerprint density at radius 1 is 1.50 bits per heavy atom. The van der Waals surface area contributed by atoms with Crippen molar-refractivity contribution in [2.75, 3.05) is 26.2 Å².